The molecule has 1 heterocycles. The van der Waals surface area contributed by atoms with Crippen molar-refractivity contribution in [3.05, 3.63) is 108 Å². The molecule has 1 fully saturated rings. The zero-order valence-corrected chi connectivity index (χ0v) is 19.9. The second-order valence-electron chi connectivity index (χ2n) is 7.66. The van der Waals surface area contributed by atoms with Gasteiger partial charge < -0.3 is 24.1 Å². The number of halogens is 1. The highest BCUT2D eigenvalue weighted by molar-refractivity contribution is 9.10. The minimum atomic E-state index is -2.21. The van der Waals surface area contributed by atoms with E-state index in [0.29, 0.717) is 5.56 Å². The Kier molecular flexibility index (Phi) is 7.60. The topological polar surface area (TPSA) is 108 Å². The second kappa shape index (κ2) is 10.8. The first-order chi connectivity index (χ1) is 16.8. The first-order valence-electron chi connectivity index (χ1n) is 10.7. The summed E-state index contributed by atoms with van der Waals surface area (Å²) in [6, 6.07) is 24.6. The fraction of sp³-hybridized carbons (Fsp3) is 0.192. The summed E-state index contributed by atoms with van der Waals surface area (Å²) in [5, 5.41) is 10.8. The zero-order valence-electron chi connectivity index (χ0n) is 18.3. The average molecular weight is 541 g/mol. The van der Waals surface area contributed by atoms with E-state index in [9.17, 15) is 19.5 Å². The Morgan fingerprint density at radius 2 is 1.17 bits per heavy atom. The van der Waals surface area contributed by atoms with Gasteiger partial charge in [0.15, 0.2) is 6.10 Å². The van der Waals surface area contributed by atoms with Crippen LogP contribution in [0.15, 0.2) is 91.0 Å². The Hall–Kier alpha value is -3.53. The summed E-state index contributed by atoms with van der Waals surface area (Å²) in [5.74, 6) is -2.13. The van der Waals surface area contributed by atoms with Gasteiger partial charge in [-0.2, -0.15) is 0 Å². The van der Waals surface area contributed by atoms with E-state index in [-0.39, 0.29) is 17.7 Å². The number of alkyl halides is 1. The smallest absolute Gasteiger partial charge is 0.338 e. The molecule has 0 bridgehead atoms. The molecule has 0 spiro atoms. The lowest BCUT2D eigenvalue weighted by molar-refractivity contribution is -0.158. The van der Waals surface area contributed by atoms with Gasteiger partial charge in [-0.3, -0.25) is 0 Å². The van der Waals surface area contributed by atoms with Gasteiger partial charge >= 0.3 is 17.9 Å². The maximum Gasteiger partial charge on any atom is 0.338 e. The lowest BCUT2D eigenvalue weighted by atomic mass is 10.1. The Morgan fingerprint density at radius 3 is 1.66 bits per heavy atom. The second-order valence-corrected chi connectivity index (χ2v) is 8.79. The molecule has 4 atom stereocenters. The minimum Gasteiger partial charge on any atom is -0.459 e. The average Bonchev–Trinajstić information content (AvgIpc) is 3.12. The molecule has 35 heavy (non-hydrogen) atoms. The van der Waals surface area contributed by atoms with Crippen molar-refractivity contribution >= 4 is 33.8 Å². The third-order valence-corrected chi connectivity index (χ3v) is 5.85. The number of ether oxygens (including phenoxy) is 4. The molecule has 8 nitrogen and oxygen atoms in total. The normalized spacial score (nSPS) is 23.3. The summed E-state index contributed by atoms with van der Waals surface area (Å²) in [5.41, 5.74) is 0.776. The number of hydrogen-bond acceptors (Lipinski definition) is 8. The van der Waals surface area contributed by atoms with Crippen molar-refractivity contribution in [3.63, 3.8) is 0 Å². The summed E-state index contributed by atoms with van der Waals surface area (Å²) in [6.45, 7) is -0.381. The molecule has 180 valence electrons. The van der Waals surface area contributed by atoms with Crippen LogP contribution in [0.4, 0.5) is 0 Å². The largest absolute Gasteiger partial charge is 0.459 e. The number of esters is 3. The molecule has 0 aromatic heterocycles. The van der Waals surface area contributed by atoms with Crippen molar-refractivity contribution in [1.82, 2.24) is 0 Å². The van der Waals surface area contributed by atoms with E-state index in [1.807, 2.05) is 0 Å². The first-order valence-corrected chi connectivity index (χ1v) is 11.5. The Morgan fingerprint density at radius 1 is 0.743 bits per heavy atom. The van der Waals surface area contributed by atoms with E-state index in [0.717, 1.165) is 0 Å². The lowest BCUT2D eigenvalue weighted by Gasteiger charge is -2.25. The quantitative estimate of drug-likeness (QED) is 0.274. The molecule has 1 saturated heterocycles. The van der Waals surface area contributed by atoms with Crippen LogP contribution in [-0.4, -0.2) is 52.6 Å². The molecule has 3 aromatic rings. The predicted octanol–water partition coefficient (Wildman–Crippen LogP) is 3.73. The van der Waals surface area contributed by atoms with Crippen molar-refractivity contribution in [2.75, 3.05) is 6.61 Å². The van der Waals surface area contributed by atoms with E-state index in [1.165, 1.54) is 12.1 Å². The molecule has 3 aromatic carbocycles. The SMILES string of the molecule is O=C(OC[C@H]1OC(O)(Br)[C@@H](OC(=O)c2ccccc2)[C@@H]1OC(=O)c1ccccc1)c1ccccc1. The molecule has 1 aliphatic heterocycles. The monoisotopic (exact) mass is 540 g/mol. The van der Waals surface area contributed by atoms with E-state index < -0.39 is 40.9 Å². The third-order valence-electron chi connectivity index (χ3n) is 5.22. The van der Waals surface area contributed by atoms with Crippen LogP contribution in [0.5, 0.6) is 0 Å². The highest BCUT2D eigenvalue weighted by Crippen LogP contribution is 2.39. The van der Waals surface area contributed by atoms with Crippen LogP contribution in [0.1, 0.15) is 31.1 Å². The summed E-state index contributed by atoms with van der Waals surface area (Å²) in [6.07, 6.45) is -3.92. The molecule has 1 N–H and O–H groups in total. The Balaban J connectivity index is 1.55. The van der Waals surface area contributed by atoms with Crippen molar-refractivity contribution in [2.45, 2.75) is 23.0 Å². The van der Waals surface area contributed by atoms with Gasteiger partial charge in [0.05, 0.1) is 16.7 Å². The van der Waals surface area contributed by atoms with Crippen molar-refractivity contribution in [2.24, 2.45) is 0 Å². The molecule has 1 unspecified atom stereocenters. The summed E-state index contributed by atoms with van der Waals surface area (Å²) < 4.78 is 19.8. The highest BCUT2D eigenvalue weighted by atomic mass is 79.9. The molecule has 0 radical (unpaired) electrons. The van der Waals surface area contributed by atoms with E-state index >= 15 is 0 Å². The minimum absolute atomic E-state index is 0.225. The van der Waals surface area contributed by atoms with Crippen LogP contribution in [0, 0.1) is 0 Å². The molecule has 0 aliphatic carbocycles. The van der Waals surface area contributed by atoms with Gasteiger partial charge in [-0.05, 0) is 52.3 Å². The number of hydrogen-bond donors (Lipinski definition) is 1. The van der Waals surface area contributed by atoms with Gasteiger partial charge in [0, 0.05) is 0 Å². The van der Waals surface area contributed by atoms with Crippen LogP contribution >= 0.6 is 15.9 Å². The standard InChI is InChI=1S/C26H21BrO8/c27-26(31)22(34-25(30)19-14-8-3-9-15-19)21(33-24(29)18-12-6-2-7-13-18)20(35-26)16-32-23(28)17-10-4-1-5-11-17/h1-15,20-22,31H,16H2/t20-,21-,22+,26?/m1/s1. The number of carbonyl (C=O) groups is 3. The molecule has 0 amide bonds. The maximum absolute atomic E-state index is 12.8. The van der Waals surface area contributed by atoms with Crippen LogP contribution in [-0.2, 0) is 18.9 Å². The van der Waals surface area contributed by atoms with Gasteiger partial charge in [-0.1, -0.05) is 54.6 Å². The van der Waals surface area contributed by atoms with Gasteiger partial charge in [0.1, 0.15) is 12.7 Å². The zero-order chi connectivity index (χ0) is 24.8. The first kappa shape index (κ1) is 24.6. The fourth-order valence-corrected chi connectivity index (χ4v) is 4.08. The molecule has 4 rings (SSSR count). The molecule has 9 heteroatoms. The van der Waals surface area contributed by atoms with Crippen LogP contribution in [0.3, 0.4) is 0 Å². The van der Waals surface area contributed by atoms with Gasteiger partial charge in [0.25, 0.3) is 4.70 Å². The van der Waals surface area contributed by atoms with Crippen LogP contribution in [0.25, 0.3) is 0 Å². The van der Waals surface area contributed by atoms with E-state index in [2.05, 4.69) is 15.9 Å². The Labute approximate surface area is 209 Å². The molecular weight excluding hydrogens is 520 g/mol. The van der Waals surface area contributed by atoms with E-state index in [1.54, 1.807) is 78.9 Å². The number of rotatable bonds is 7. The van der Waals surface area contributed by atoms with Crippen molar-refractivity contribution in [1.29, 1.82) is 0 Å². The van der Waals surface area contributed by atoms with Gasteiger partial charge in [-0.15, -0.1) is 0 Å². The van der Waals surface area contributed by atoms with E-state index in [4.69, 9.17) is 18.9 Å². The van der Waals surface area contributed by atoms with Gasteiger partial charge in [0.2, 0.25) is 6.10 Å². The highest BCUT2D eigenvalue weighted by Gasteiger charge is 2.58. The molecule has 0 saturated carbocycles. The summed E-state index contributed by atoms with van der Waals surface area (Å²) in [7, 11) is 0. The lowest BCUT2D eigenvalue weighted by Crippen LogP contribution is -2.44. The number of aliphatic hydroxyl groups is 1. The third kappa shape index (κ3) is 5.94. The number of benzene rings is 3. The predicted molar refractivity (Wildman–Crippen MR) is 127 cm³/mol. The summed E-state index contributed by atoms with van der Waals surface area (Å²) in [4.78, 5) is 37.9. The number of carbonyl (C=O) groups excluding carboxylic acids is 3. The van der Waals surface area contributed by atoms with Crippen molar-refractivity contribution < 1.29 is 38.4 Å². The van der Waals surface area contributed by atoms with Crippen LogP contribution < -0.4 is 0 Å². The fourth-order valence-electron chi connectivity index (χ4n) is 3.49. The summed E-state index contributed by atoms with van der Waals surface area (Å²) >= 11 is 3.01. The maximum atomic E-state index is 12.8. The molecule has 1 aliphatic rings. The van der Waals surface area contributed by atoms with Crippen LogP contribution in [0.2, 0.25) is 0 Å². The van der Waals surface area contributed by atoms with Crippen molar-refractivity contribution in [3.8, 4) is 0 Å². The molecular formula is C26H21BrO8. The Bertz CT molecular complexity index is 1170. The van der Waals surface area contributed by atoms with Gasteiger partial charge in [-0.25, -0.2) is 14.4 Å².